The van der Waals surface area contributed by atoms with Crippen LogP contribution in [0.1, 0.15) is 101 Å². The molecule has 0 saturated carbocycles. The number of Topliss-reactive ketones (excluding diaryl/α,β-unsaturated/α-hetero) is 2. The van der Waals surface area contributed by atoms with Gasteiger partial charge in [0.25, 0.3) is 5.67 Å². The Kier molecular flexibility index (Phi) is 14.2. The number of ether oxygens (including phenoxy) is 5. The molecule has 2 aromatic rings. The van der Waals surface area contributed by atoms with Crippen LogP contribution in [-0.4, -0.2) is 118 Å². The van der Waals surface area contributed by atoms with Gasteiger partial charge in [-0.1, -0.05) is 59.7 Å². The van der Waals surface area contributed by atoms with Gasteiger partial charge in [0.2, 0.25) is 0 Å². The van der Waals surface area contributed by atoms with Gasteiger partial charge in [-0.25, -0.2) is 14.0 Å². The summed E-state index contributed by atoms with van der Waals surface area (Å²) in [6.07, 6.45) is -2.02. The number of para-hydroxylation sites is 1. The van der Waals surface area contributed by atoms with Gasteiger partial charge in [0, 0.05) is 61.8 Å². The van der Waals surface area contributed by atoms with Crippen molar-refractivity contribution in [2.24, 2.45) is 17.8 Å². The summed E-state index contributed by atoms with van der Waals surface area (Å²) in [6.45, 7) is 17.5. The average molecular weight is 816 g/mol. The molecule has 13 nitrogen and oxygen atoms in total. The summed E-state index contributed by atoms with van der Waals surface area (Å²) in [6, 6.07) is 8.87. The number of methoxy groups -OCH3 is 1. The van der Waals surface area contributed by atoms with E-state index in [4.69, 9.17) is 23.7 Å². The van der Waals surface area contributed by atoms with Crippen LogP contribution in [0.2, 0.25) is 0 Å². The van der Waals surface area contributed by atoms with E-state index in [1.807, 2.05) is 39.1 Å². The number of alkyl halides is 1. The van der Waals surface area contributed by atoms with Gasteiger partial charge in [0.15, 0.2) is 17.7 Å². The fourth-order valence-corrected chi connectivity index (χ4v) is 9.72. The summed E-state index contributed by atoms with van der Waals surface area (Å²) in [5.41, 5.74) is -5.07. The number of amides is 1. The van der Waals surface area contributed by atoms with Gasteiger partial charge in [-0.05, 0) is 77.3 Å². The van der Waals surface area contributed by atoms with E-state index in [2.05, 4.69) is 28.1 Å². The maximum Gasteiger partial charge on any atom is 0.410 e. The Morgan fingerprint density at radius 1 is 1.00 bits per heavy atom. The van der Waals surface area contributed by atoms with Crippen molar-refractivity contribution in [3.63, 3.8) is 0 Å². The Morgan fingerprint density at radius 2 is 1.67 bits per heavy atom. The summed E-state index contributed by atoms with van der Waals surface area (Å²) in [7, 11) is 1.41. The lowest BCUT2D eigenvalue weighted by Gasteiger charge is -2.47. The molecule has 0 bridgehead atoms. The maximum atomic E-state index is 16.9. The number of ketones is 2. The molecule has 1 aromatic carbocycles. The smallest absolute Gasteiger partial charge is 0.410 e. The molecule has 0 spiro atoms. The molecule has 14 heteroatoms. The third kappa shape index (κ3) is 9.01. The highest BCUT2D eigenvalue weighted by Crippen LogP contribution is 2.43. The molecule has 1 aromatic heterocycles. The number of hydrogen-bond donors (Lipinski definition) is 2. The molecule has 5 rings (SSSR count). The zero-order valence-electron chi connectivity index (χ0n) is 36.2. The van der Waals surface area contributed by atoms with E-state index in [0.29, 0.717) is 19.4 Å². The minimum Gasteiger partial charge on any atom is -0.455 e. The molecule has 1 amide bonds. The number of aromatic nitrogens is 1. The molecule has 13 atom stereocenters. The molecule has 3 saturated heterocycles. The number of aliphatic hydroxyl groups is 1. The van der Waals surface area contributed by atoms with E-state index in [-0.39, 0.29) is 37.3 Å². The van der Waals surface area contributed by atoms with Crippen LogP contribution in [0.5, 0.6) is 0 Å². The monoisotopic (exact) mass is 815 g/mol. The summed E-state index contributed by atoms with van der Waals surface area (Å²) in [5.74, 6) is -5.72. The molecule has 3 fully saturated rings. The van der Waals surface area contributed by atoms with Crippen molar-refractivity contribution >= 4 is 34.5 Å². The summed E-state index contributed by atoms with van der Waals surface area (Å²) in [4.78, 5) is 58.3. The van der Waals surface area contributed by atoms with Gasteiger partial charge >= 0.3 is 12.1 Å². The highest BCUT2D eigenvalue weighted by molar-refractivity contribution is 6.08. The molecule has 0 aliphatic carbocycles. The zero-order chi connectivity index (χ0) is 42.9. The first-order valence-electron chi connectivity index (χ1n) is 21.0. The number of rotatable bonds is 11. The fourth-order valence-electron chi connectivity index (χ4n) is 9.72. The molecule has 2 N–H and O–H groups in total. The SMILES string of the molecule is CC[C@H]1OC(=O)[C@@](C)(F)C(=O)[C@@H](C)[C@@H](O[C@@H]2O[C@H](C)C[C@H](NC(C)C)[C@@H]2O)[C@](C)(OC)C[C@@H](C)C(=O)[C@H](C)C2N(CCCCn3ccc4ccccc43)C(=O)O[C@@]21C. The second-order valence-corrected chi connectivity index (χ2v) is 17.8. The number of fused-ring (bicyclic) bond motifs is 2. The standard InChI is InChI=1S/C44H66FN3O10/c1-12-33-44(10)36(48(41(53)58-44)21-16-15-20-47-22-19-30-17-13-14-18-32(30)47)28(6)34(49)26(4)24-42(8,54-11)38(29(7)37(51)43(9,45)40(52)56-33)57-39-35(50)31(46-25(2)3)23-27(5)55-39/h13-14,17-19,22,25-29,31,33,35-36,38-39,46,50H,12,15-16,20-21,23-24H2,1-11H3/t26-,27-,28+,29-,31+,33-,35+,36?,38-,39+,42-,43+,44-/m1/s1. The van der Waals surface area contributed by atoms with Crippen LogP contribution in [0.3, 0.4) is 0 Å². The van der Waals surface area contributed by atoms with E-state index in [1.54, 1.807) is 39.5 Å². The normalized spacial score (nSPS) is 38.1. The van der Waals surface area contributed by atoms with E-state index >= 15 is 4.39 Å². The number of benzene rings is 1. The van der Waals surface area contributed by atoms with Crippen LogP contribution in [0.15, 0.2) is 36.5 Å². The van der Waals surface area contributed by atoms with Crippen LogP contribution in [0, 0.1) is 17.8 Å². The quantitative estimate of drug-likeness (QED) is 0.152. The van der Waals surface area contributed by atoms with Gasteiger partial charge in [0.05, 0.1) is 23.9 Å². The zero-order valence-corrected chi connectivity index (χ0v) is 36.2. The number of halogens is 1. The summed E-state index contributed by atoms with van der Waals surface area (Å²) < 4.78 is 49.7. The Bertz CT molecular complexity index is 1780. The van der Waals surface area contributed by atoms with Gasteiger partial charge in [-0.2, -0.15) is 0 Å². The number of carbonyl (C=O) groups is 4. The van der Waals surface area contributed by atoms with Crippen molar-refractivity contribution in [1.29, 1.82) is 0 Å². The number of aryl methyl sites for hydroxylation is 1. The Morgan fingerprint density at radius 3 is 2.33 bits per heavy atom. The highest BCUT2D eigenvalue weighted by atomic mass is 19.1. The van der Waals surface area contributed by atoms with Crippen molar-refractivity contribution in [2.45, 2.75) is 174 Å². The maximum absolute atomic E-state index is 16.9. The van der Waals surface area contributed by atoms with Crippen LogP contribution in [0.4, 0.5) is 9.18 Å². The predicted octanol–water partition coefficient (Wildman–Crippen LogP) is 6.15. The van der Waals surface area contributed by atoms with Crippen LogP contribution < -0.4 is 5.32 Å². The molecule has 3 aliphatic rings. The number of hydrogen-bond acceptors (Lipinski definition) is 11. The molecule has 4 heterocycles. The molecule has 1 unspecified atom stereocenters. The van der Waals surface area contributed by atoms with Crippen LogP contribution >= 0.6 is 0 Å². The minimum atomic E-state index is -3.17. The average Bonchev–Trinajstić information content (AvgIpc) is 3.70. The topological polar surface area (TPSA) is 155 Å². The minimum absolute atomic E-state index is 0.00865. The van der Waals surface area contributed by atoms with E-state index in [1.165, 1.54) is 14.0 Å². The highest BCUT2D eigenvalue weighted by Gasteiger charge is 2.61. The number of carbonyl (C=O) groups excluding carboxylic acids is 4. The number of cyclic esters (lactones) is 1. The Hall–Kier alpha value is -3.43. The first kappa shape index (κ1) is 45.7. The number of nitrogens with zero attached hydrogens (tertiary/aromatic N) is 2. The molecule has 58 heavy (non-hydrogen) atoms. The lowest BCUT2D eigenvalue weighted by atomic mass is 9.73. The molecular weight excluding hydrogens is 749 g/mol. The van der Waals surface area contributed by atoms with Crippen molar-refractivity contribution in [3.8, 4) is 0 Å². The number of esters is 1. The Labute approximate surface area is 342 Å². The van der Waals surface area contributed by atoms with E-state index in [9.17, 15) is 24.3 Å². The lowest BCUT2D eigenvalue weighted by molar-refractivity contribution is -0.291. The van der Waals surface area contributed by atoms with Gasteiger partial charge in [-0.15, -0.1) is 0 Å². The first-order valence-corrected chi connectivity index (χ1v) is 21.0. The fraction of sp³-hybridized carbons (Fsp3) is 0.727. The second kappa shape index (κ2) is 18.0. The summed E-state index contributed by atoms with van der Waals surface area (Å²) >= 11 is 0. The first-order chi connectivity index (χ1) is 27.2. The van der Waals surface area contributed by atoms with Crippen molar-refractivity contribution in [1.82, 2.24) is 14.8 Å². The molecule has 3 aliphatic heterocycles. The molecule has 324 valence electrons. The predicted molar refractivity (Wildman–Crippen MR) is 216 cm³/mol. The van der Waals surface area contributed by atoms with Crippen LogP contribution in [-0.2, 0) is 44.6 Å². The summed E-state index contributed by atoms with van der Waals surface area (Å²) in [5, 5.41) is 15.9. The third-order valence-corrected chi connectivity index (χ3v) is 12.8. The van der Waals surface area contributed by atoms with Crippen molar-refractivity contribution in [3.05, 3.63) is 36.5 Å². The number of unbranched alkanes of at least 4 members (excludes halogenated alkanes) is 1. The third-order valence-electron chi connectivity index (χ3n) is 12.8. The van der Waals surface area contributed by atoms with Crippen LogP contribution in [0.25, 0.3) is 10.9 Å². The van der Waals surface area contributed by atoms with Crippen molar-refractivity contribution < 1.29 is 52.4 Å². The van der Waals surface area contributed by atoms with E-state index < -0.39 is 89.2 Å². The van der Waals surface area contributed by atoms with E-state index in [0.717, 1.165) is 24.2 Å². The largest absolute Gasteiger partial charge is 0.455 e. The van der Waals surface area contributed by atoms with Crippen molar-refractivity contribution in [2.75, 3.05) is 13.7 Å². The van der Waals surface area contributed by atoms with Gasteiger partial charge in [0.1, 0.15) is 18.0 Å². The van der Waals surface area contributed by atoms with Gasteiger partial charge < -0.3 is 43.6 Å². The van der Waals surface area contributed by atoms with Gasteiger partial charge in [-0.3, -0.25) is 9.59 Å². The Balaban J connectivity index is 1.49. The lowest BCUT2D eigenvalue weighted by Crippen LogP contribution is -2.62. The molecule has 0 radical (unpaired) electrons. The number of aliphatic hydroxyl groups excluding tert-OH is 1. The second-order valence-electron chi connectivity index (χ2n) is 17.8. The molecular formula is C44H66FN3O10. The number of nitrogens with one attached hydrogen (secondary N) is 1.